The minimum absolute atomic E-state index is 0.0343. The number of aromatic nitrogens is 1. The number of fused-ring (bicyclic) bond motifs is 4. The molecule has 0 fully saturated rings. The van der Waals surface area contributed by atoms with Gasteiger partial charge in [-0.1, -0.05) is 89.6 Å². The van der Waals surface area contributed by atoms with Crippen LogP contribution < -0.4 is 0 Å². The van der Waals surface area contributed by atoms with E-state index in [1.54, 1.807) is 18.2 Å². The van der Waals surface area contributed by atoms with E-state index < -0.39 is 9.84 Å². The van der Waals surface area contributed by atoms with Gasteiger partial charge in [0.15, 0.2) is 0 Å². The summed E-state index contributed by atoms with van der Waals surface area (Å²) in [6.45, 7) is 15.5. The largest absolute Gasteiger partial charge is 0.309 e. The first-order valence-electron chi connectivity index (χ1n) is 14.2. The second kappa shape index (κ2) is 9.32. The molecule has 0 spiro atoms. The van der Waals surface area contributed by atoms with E-state index in [1.165, 1.54) is 21.9 Å². The summed E-state index contributed by atoms with van der Waals surface area (Å²) in [5.74, 6) is 0. The van der Waals surface area contributed by atoms with Gasteiger partial charge >= 0.3 is 0 Å². The van der Waals surface area contributed by atoms with Gasteiger partial charge in [0.25, 0.3) is 0 Å². The molecule has 4 heteroatoms. The predicted octanol–water partition coefficient (Wildman–Crippen LogP) is 9.67. The third-order valence-electron chi connectivity index (χ3n) is 8.20. The van der Waals surface area contributed by atoms with Gasteiger partial charge in [0.1, 0.15) is 0 Å². The molecule has 3 nitrogen and oxygen atoms in total. The van der Waals surface area contributed by atoms with Crippen LogP contribution >= 0.6 is 0 Å². The zero-order valence-corrected chi connectivity index (χ0v) is 25.7. The van der Waals surface area contributed by atoms with Gasteiger partial charge in [-0.2, -0.15) is 0 Å². The van der Waals surface area contributed by atoms with E-state index in [2.05, 4.69) is 88.6 Å². The van der Waals surface area contributed by atoms with Crippen molar-refractivity contribution in [3.8, 4) is 5.69 Å². The standard InChI is InChI=1S/C37H37NO2S/c1-24-11-16-29(17-12-24)41(39,40)35-10-8-9-25-21-28(15-18-30(25)35)38-33-19-13-26(36(2,3)4)22-31(33)32-23-27(37(5,6)7)14-20-34(32)38/h8-23H,1-7H3. The summed E-state index contributed by atoms with van der Waals surface area (Å²) in [4.78, 5) is 0.642. The number of aryl methyl sites for hydroxylation is 1. The molecule has 0 radical (unpaired) electrons. The van der Waals surface area contributed by atoms with Crippen molar-refractivity contribution in [3.05, 3.63) is 114 Å². The molecular formula is C37H37NO2S. The number of hydrogen-bond donors (Lipinski definition) is 0. The van der Waals surface area contributed by atoms with Crippen LogP contribution in [0.4, 0.5) is 0 Å². The number of sulfone groups is 1. The Kier molecular flexibility index (Phi) is 6.20. The lowest BCUT2D eigenvalue weighted by molar-refractivity contribution is 0.590. The molecule has 0 saturated heterocycles. The zero-order valence-electron chi connectivity index (χ0n) is 24.9. The first-order valence-corrected chi connectivity index (χ1v) is 15.7. The number of benzene rings is 5. The average molecular weight is 560 g/mol. The van der Waals surface area contributed by atoms with Crippen LogP contribution in [0.1, 0.15) is 58.2 Å². The second-order valence-electron chi connectivity index (χ2n) is 13.3. The Labute approximate surface area is 243 Å². The van der Waals surface area contributed by atoms with Crippen molar-refractivity contribution in [2.75, 3.05) is 0 Å². The molecule has 0 N–H and O–H groups in total. The Morgan fingerprint density at radius 1 is 0.585 bits per heavy atom. The minimum atomic E-state index is -3.66. The highest BCUT2D eigenvalue weighted by Gasteiger charge is 2.23. The van der Waals surface area contributed by atoms with E-state index in [0.29, 0.717) is 9.79 Å². The minimum Gasteiger partial charge on any atom is -0.309 e. The first kappa shape index (κ1) is 27.3. The molecule has 5 aromatic carbocycles. The molecule has 0 aliphatic rings. The number of hydrogen-bond acceptors (Lipinski definition) is 2. The summed E-state index contributed by atoms with van der Waals surface area (Å²) < 4.78 is 29.6. The quantitative estimate of drug-likeness (QED) is 0.216. The van der Waals surface area contributed by atoms with E-state index >= 15 is 0 Å². The van der Waals surface area contributed by atoms with Crippen LogP contribution in [0.25, 0.3) is 38.3 Å². The Morgan fingerprint density at radius 3 is 1.68 bits per heavy atom. The molecule has 0 bridgehead atoms. The summed E-state index contributed by atoms with van der Waals surface area (Å²) in [7, 11) is -3.66. The molecule has 1 aromatic heterocycles. The van der Waals surface area contributed by atoms with Crippen molar-refractivity contribution in [1.29, 1.82) is 0 Å². The predicted molar refractivity (Wildman–Crippen MR) is 172 cm³/mol. The van der Waals surface area contributed by atoms with Crippen molar-refractivity contribution < 1.29 is 8.42 Å². The summed E-state index contributed by atoms with van der Waals surface area (Å²) in [5, 5.41) is 4.08. The van der Waals surface area contributed by atoms with Gasteiger partial charge in [-0.05, 0) is 88.9 Å². The molecule has 1 heterocycles. The van der Waals surface area contributed by atoms with Crippen molar-refractivity contribution in [1.82, 2.24) is 4.57 Å². The summed E-state index contributed by atoms with van der Waals surface area (Å²) in [6, 6.07) is 32.3. The first-order chi connectivity index (χ1) is 19.2. The van der Waals surface area contributed by atoms with Crippen molar-refractivity contribution in [3.63, 3.8) is 0 Å². The van der Waals surface area contributed by atoms with E-state index in [9.17, 15) is 8.42 Å². The van der Waals surface area contributed by atoms with Gasteiger partial charge in [0, 0.05) is 21.8 Å². The monoisotopic (exact) mass is 559 g/mol. The van der Waals surface area contributed by atoms with Crippen LogP contribution in [-0.2, 0) is 20.7 Å². The molecule has 6 rings (SSSR count). The molecule has 6 aromatic rings. The Balaban J connectivity index is 1.59. The molecule has 0 aliphatic carbocycles. The molecule has 0 amide bonds. The third kappa shape index (κ3) is 4.64. The number of rotatable bonds is 3. The average Bonchev–Trinajstić information content (AvgIpc) is 3.25. The van der Waals surface area contributed by atoms with Gasteiger partial charge in [0.2, 0.25) is 9.84 Å². The van der Waals surface area contributed by atoms with Crippen molar-refractivity contribution >= 4 is 42.4 Å². The van der Waals surface area contributed by atoms with Crippen molar-refractivity contribution in [2.45, 2.75) is 69.1 Å². The van der Waals surface area contributed by atoms with E-state index in [0.717, 1.165) is 33.1 Å². The normalized spacial score (nSPS) is 13.0. The summed E-state index contributed by atoms with van der Waals surface area (Å²) in [5.41, 5.74) is 6.99. The Hall–Kier alpha value is -3.89. The molecular weight excluding hydrogens is 522 g/mol. The smallest absolute Gasteiger partial charge is 0.207 e. The van der Waals surface area contributed by atoms with Gasteiger partial charge in [-0.25, -0.2) is 8.42 Å². The van der Waals surface area contributed by atoms with Gasteiger partial charge in [-0.3, -0.25) is 0 Å². The summed E-state index contributed by atoms with van der Waals surface area (Å²) in [6.07, 6.45) is 0. The van der Waals surface area contributed by atoms with E-state index in [-0.39, 0.29) is 10.8 Å². The fourth-order valence-electron chi connectivity index (χ4n) is 5.69. The Morgan fingerprint density at radius 2 is 1.15 bits per heavy atom. The molecule has 0 unspecified atom stereocenters. The van der Waals surface area contributed by atoms with Crippen LogP contribution in [0.2, 0.25) is 0 Å². The van der Waals surface area contributed by atoms with Crippen LogP contribution in [0.15, 0.2) is 107 Å². The fraction of sp³-hybridized carbons (Fsp3) is 0.243. The summed E-state index contributed by atoms with van der Waals surface area (Å²) >= 11 is 0. The van der Waals surface area contributed by atoms with E-state index in [1.807, 2.05) is 43.3 Å². The van der Waals surface area contributed by atoms with Crippen LogP contribution in [0, 0.1) is 6.92 Å². The topological polar surface area (TPSA) is 39.1 Å². The van der Waals surface area contributed by atoms with E-state index in [4.69, 9.17) is 0 Å². The molecule has 0 saturated carbocycles. The lowest BCUT2D eigenvalue weighted by atomic mass is 9.85. The maximum atomic E-state index is 13.6. The second-order valence-corrected chi connectivity index (χ2v) is 15.2. The van der Waals surface area contributed by atoms with Crippen LogP contribution in [0.5, 0.6) is 0 Å². The molecule has 208 valence electrons. The Bertz CT molecular complexity index is 2000. The van der Waals surface area contributed by atoms with Gasteiger partial charge < -0.3 is 4.57 Å². The third-order valence-corrected chi connectivity index (χ3v) is 10.0. The van der Waals surface area contributed by atoms with Crippen LogP contribution in [0.3, 0.4) is 0 Å². The fourth-order valence-corrected chi connectivity index (χ4v) is 7.18. The highest BCUT2D eigenvalue weighted by atomic mass is 32.2. The maximum absolute atomic E-state index is 13.6. The zero-order chi connectivity index (χ0) is 29.3. The number of nitrogens with zero attached hydrogens (tertiary/aromatic N) is 1. The van der Waals surface area contributed by atoms with Crippen molar-refractivity contribution in [2.24, 2.45) is 0 Å². The SMILES string of the molecule is Cc1ccc(S(=O)(=O)c2cccc3cc(-n4c5ccc(C(C)(C)C)cc5c5cc(C(C)(C)C)ccc54)ccc23)cc1. The lowest BCUT2D eigenvalue weighted by Gasteiger charge is -2.19. The highest BCUT2D eigenvalue weighted by Crippen LogP contribution is 2.38. The molecule has 0 atom stereocenters. The molecule has 41 heavy (non-hydrogen) atoms. The van der Waals surface area contributed by atoms with Gasteiger partial charge in [0.05, 0.1) is 20.8 Å². The maximum Gasteiger partial charge on any atom is 0.207 e. The lowest BCUT2D eigenvalue weighted by Crippen LogP contribution is -2.10. The van der Waals surface area contributed by atoms with Gasteiger partial charge in [-0.15, -0.1) is 0 Å². The molecule has 0 aliphatic heterocycles. The highest BCUT2D eigenvalue weighted by molar-refractivity contribution is 7.91. The van der Waals surface area contributed by atoms with Crippen LogP contribution in [-0.4, -0.2) is 13.0 Å².